The van der Waals surface area contributed by atoms with Crippen molar-refractivity contribution in [2.24, 2.45) is 0 Å². The molecule has 2 N–H and O–H groups in total. The molecule has 1 aliphatic heterocycles. The van der Waals surface area contributed by atoms with E-state index in [0.29, 0.717) is 23.0 Å². The SMILES string of the molecule is COc1cc2nccc(Oc3ccc(NC(=O)NC4CCN(Cc5ccccc5C)C4)c(C)c3C)c2cc1OC. The summed E-state index contributed by atoms with van der Waals surface area (Å²) in [5.74, 6) is 2.57. The van der Waals surface area contributed by atoms with Crippen LogP contribution >= 0.6 is 0 Å². The zero-order chi connectivity index (χ0) is 28.2. The lowest BCUT2D eigenvalue weighted by Crippen LogP contribution is -2.39. The molecule has 40 heavy (non-hydrogen) atoms. The molecular weight excluding hydrogens is 504 g/mol. The standard InChI is InChI=1S/C32H36N4O4/c1-20-8-6-7-9-23(20)18-36-15-13-24(19-36)34-32(37)35-26-10-11-28(22(3)21(26)2)40-29-12-14-33-27-17-31(39-5)30(38-4)16-25(27)29/h6-12,14,16-17,24H,13,15,18-19H2,1-5H3,(H2,34,35,37). The number of benzene rings is 3. The summed E-state index contributed by atoms with van der Waals surface area (Å²) in [6.07, 6.45) is 2.64. The van der Waals surface area contributed by atoms with Crippen molar-refractivity contribution in [2.45, 2.75) is 39.8 Å². The molecule has 0 bridgehead atoms. The van der Waals surface area contributed by atoms with Gasteiger partial charge in [-0.15, -0.1) is 0 Å². The number of fused-ring (bicyclic) bond motifs is 1. The number of aryl methyl sites for hydroxylation is 1. The minimum Gasteiger partial charge on any atom is -0.493 e. The number of carbonyl (C=O) groups excluding carboxylic acids is 1. The predicted molar refractivity (Wildman–Crippen MR) is 158 cm³/mol. The van der Waals surface area contributed by atoms with Crippen LogP contribution in [-0.2, 0) is 6.54 Å². The summed E-state index contributed by atoms with van der Waals surface area (Å²) in [4.78, 5) is 19.7. The Morgan fingerprint density at radius 3 is 2.50 bits per heavy atom. The van der Waals surface area contributed by atoms with Crippen LogP contribution in [0.4, 0.5) is 10.5 Å². The molecule has 5 rings (SSSR count). The van der Waals surface area contributed by atoms with Gasteiger partial charge in [-0.3, -0.25) is 9.88 Å². The number of aromatic nitrogens is 1. The number of hydrogen-bond donors (Lipinski definition) is 2. The topological polar surface area (TPSA) is 85.0 Å². The van der Waals surface area contributed by atoms with Crippen molar-refractivity contribution in [1.82, 2.24) is 15.2 Å². The van der Waals surface area contributed by atoms with Gasteiger partial charge in [-0.05, 0) is 73.7 Å². The van der Waals surface area contributed by atoms with Crippen LogP contribution in [0.3, 0.4) is 0 Å². The molecule has 1 unspecified atom stereocenters. The summed E-state index contributed by atoms with van der Waals surface area (Å²) in [7, 11) is 3.20. The summed E-state index contributed by atoms with van der Waals surface area (Å²) in [5.41, 5.74) is 6.00. The van der Waals surface area contributed by atoms with Crippen molar-refractivity contribution >= 4 is 22.6 Å². The molecule has 3 aromatic carbocycles. The highest BCUT2D eigenvalue weighted by molar-refractivity contribution is 5.91. The van der Waals surface area contributed by atoms with Gasteiger partial charge in [0, 0.05) is 49.0 Å². The molecule has 1 atom stereocenters. The van der Waals surface area contributed by atoms with Gasteiger partial charge in [-0.1, -0.05) is 24.3 Å². The smallest absolute Gasteiger partial charge is 0.319 e. The van der Waals surface area contributed by atoms with Gasteiger partial charge >= 0.3 is 6.03 Å². The van der Waals surface area contributed by atoms with E-state index < -0.39 is 0 Å². The van der Waals surface area contributed by atoms with E-state index in [0.717, 1.165) is 53.8 Å². The third kappa shape index (κ3) is 5.82. The lowest BCUT2D eigenvalue weighted by atomic mass is 10.1. The third-order valence-corrected chi connectivity index (χ3v) is 7.68. The quantitative estimate of drug-likeness (QED) is 0.270. The van der Waals surface area contributed by atoms with Crippen molar-refractivity contribution in [3.63, 3.8) is 0 Å². The Morgan fingerprint density at radius 2 is 1.73 bits per heavy atom. The van der Waals surface area contributed by atoms with Crippen LogP contribution in [0.15, 0.2) is 60.8 Å². The third-order valence-electron chi connectivity index (χ3n) is 7.68. The van der Waals surface area contributed by atoms with Gasteiger partial charge in [0.25, 0.3) is 0 Å². The average Bonchev–Trinajstić information content (AvgIpc) is 3.39. The number of likely N-dealkylation sites (tertiary alicyclic amines) is 1. The van der Waals surface area contributed by atoms with E-state index in [1.807, 2.05) is 44.2 Å². The van der Waals surface area contributed by atoms with Crippen LogP contribution in [0, 0.1) is 20.8 Å². The highest BCUT2D eigenvalue weighted by atomic mass is 16.5. The Hall–Kier alpha value is -4.30. The first-order valence-corrected chi connectivity index (χ1v) is 13.5. The molecule has 208 valence electrons. The molecule has 1 aromatic heterocycles. The zero-order valence-corrected chi connectivity index (χ0v) is 23.7. The minimum atomic E-state index is -0.194. The van der Waals surface area contributed by atoms with Gasteiger partial charge in [0.05, 0.1) is 19.7 Å². The van der Waals surface area contributed by atoms with E-state index in [-0.39, 0.29) is 12.1 Å². The van der Waals surface area contributed by atoms with Crippen LogP contribution in [0.25, 0.3) is 10.9 Å². The molecule has 2 amide bonds. The highest BCUT2D eigenvalue weighted by Gasteiger charge is 2.24. The number of amides is 2. The first-order chi connectivity index (χ1) is 19.4. The number of anilines is 1. The number of rotatable bonds is 8. The number of pyridine rings is 1. The predicted octanol–water partition coefficient (Wildman–Crippen LogP) is 6.37. The number of nitrogens with zero attached hydrogens (tertiary/aromatic N) is 2. The van der Waals surface area contributed by atoms with Gasteiger partial charge in [-0.2, -0.15) is 0 Å². The van der Waals surface area contributed by atoms with Crippen LogP contribution in [0.1, 0.15) is 28.7 Å². The number of methoxy groups -OCH3 is 2. The molecule has 1 aliphatic rings. The van der Waals surface area contributed by atoms with Gasteiger partial charge in [-0.25, -0.2) is 4.79 Å². The Morgan fingerprint density at radius 1 is 0.950 bits per heavy atom. The van der Waals surface area contributed by atoms with Gasteiger partial charge in [0.1, 0.15) is 11.5 Å². The fraction of sp³-hybridized carbons (Fsp3) is 0.312. The largest absolute Gasteiger partial charge is 0.493 e. The lowest BCUT2D eigenvalue weighted by molar-refractivity contribution is 0.247. The maximum Gasteiger partial charge on any atom is 0.319 e. The summed E-state index contributed by atoms with van der Waals surface area (Å²) >= 11 is 0. The number of carbonyl (C=O) groups is 1. The fourth-order valence-electron chi connectivity index (χ4n) is 5.16. The summed E-state index contributed by atoms with van der Waals surface area (Å²) in [5, 5.41) is 6.99. The van der Waals surface area contributed by atoms with Crippen molar-refractivity contribution in [2.75, 3.05) is 32.6 Å². The molecule has 4 aromatic rings. The molecule has 0 aliphatic carbocycles. The maximum atomic E-state index is 12.9. The first-order valence-electron chi connectivity index (χ1n) is 13.5. The Kier molecular flexibility index (Phi) is 8.07. The first kappa shape index (κ1) is 27.3. The van der Waals surface area contributed by atoms with Crippen molar-refractivity contribution in [3.8, 4) is 23.0 Å². The highest BCUT2D eigenvalue weighted by Crippen LogP contribution is 2.38. The fourth-order valence-corrected chi connectivity index (χ4v) is 5.16. The minimum absolute atomic E-state index is 0.114. The van der Waals surface area contributed by atoms with Gasteiger partial charge < -0.3 is 24.8 Å². The van der Waals surface area contributed by atoms with E-state index >= 15 is 0 Å². The number of nitrogens with one attached hydrogen (secondary N) is 2. The molecule has 0 radical (unpaired) electrons. The molecule has 1 saturated heterocycles. The normalized spacial score (nSPS) is 15.2. The second kappa shape index (κ2) is 11.8. The summed E-state index contributed by atoms with van der Waals surface area (Å²) in [6, 6.07) is 17.7. The lowest BCUT2D eigenvalue weighted by Gasteiger charge is -2.19. The molecule has 8 heteroatoms. The molecular formula is C32H36N4O4. The van der Waals surface area contributed by atoms with E-state index in [1.165, 1.54) is 11.1 Å². The van der Waals surface area contributed by atoms with Crippen molar-refractivity contribution < 1.29 is 19.0 Å². The van der Waals surface area contributed by atoms with Gasteiger partial charge in [0.15, 0.2) is 11.5 Å². The summed E-state index contributed by atoms with van der Waals surface area (Å²) < 4.78 is 17.2. The van der Waals surface area contributed by atoms with E-state index in [2.05, 4.69) is 51.7 Å². The van der Waals surface area contributed by atoms with Crippen LogP contribution in [0.2, 0.25) is 0 Å². The van der Waals surface area contributed by atoms with Crippen LogP contribution in [-0.4, -0.2) is 49.3 Å². The average molecular weight is 541 g/mol. The molecule has 1 fully saturated rings. The van der Waals surface area contributed by atoms with E-state index in [1.54, 1.807) is 20.4 Å². The monoisotopic (exact) mass is 540 g/mol. The van der Waals surface area contributed by atoms with E-state index in [9.17, 15) is 4.79 Å². The Balaban J connectivity index is 1.24. The zero-order valence-electron chi connectivity index (χ0n) is 23.7. The molecule has 2 heterocycles. The number of urea groups is 1. The second-order valence-corrected chi connectivity index (χ2v) is 10.2. The molecule has 8 nitrogen and oxygen atoms in total. The number of ether oxygens (including phenoxy) is 3. The van der Waals surface area contributed by atoms with Crippen molar-refractivity contribution in [1.29, 1.82) is 0 Å². The Bertz CT molecular complexity index is 1540. The second-order valence-electron chi connectivity index (χ2n) is 10.2. The van der Waals surface area contributed by atoms with Crippen molar-refractivity contribution in [3.05, 3.63) is 83.0 Å². The van der Waals surface area contributed by atoms with E-state index in [4.69, 9.17) is 14.2 Å². The molecule has 0 saturated carbocycles. The van der Waals surface area contributed by atoms with Crippen LogP contribution < -0.4 is 24.8 Å². The van der Waals surface area contributed by atoms with Gasteiger partial charge in [0.2, 0.25) is 0 Å². The molecule has 0 spiro atoms. The Labute approximate surface area is 235 Å². The maximum absolute atomic E-state index is 12.9. The summed E-state index contributed by atoms with van der Waals surface area (Å²) in [6.45, 7) is 8.81. The van der Waals surface area contributed by atoms with Crippen LogP contribution in [0.5, 0.6) is 23.0 Å². The number of hydrogen-bond acceptors (Lipinski definition) is 6.